The SMILES string of the molecule is Clc1cc2sc3c(c2cc1Cl)=C1SC(COCCN2CCOCC2)=CC=C1C=CC=3. The van der Waals surface area contributed by atoms with Crippen molar-refractivity contribution >= 4 is 67.4 Å². The molecule has 0 bridgehead atoms. The van der Waals surface area contributed by atoms with Crippen molar-refractivity contribution < 1.29 is 9.47 Å². The third-order valence-electron chi connectivity index (χ3n) is 5.35. The highest BCUT2D eigenvalue weighted by Crippen LogP contribution is 2.38. The molecule has 7 heteroatoms. The number of morpholine rings is 1. The number of hydrogen-bond acceptors (Lipinski definition) is 5. The molecular formula is C23H21Cl2NO2S2. The highest BCUT2D eigenvalue weighted by Gasteiger charge is 2.18. The number of allylic oxidation sites excluding steroid dienone is 4. The van der Waals surface area contributed by atoms with Crippen LogP contribution >= 0.6 is 46.3 Å². The van der Waals surface area contributed by atoms with E-state index in [1.807, 2.05) is 12.1 Å². The molecule has 5 rings (SSSR count). The Kier molecular flexibility index (Phi) is 6.39. The fourth-order valence-electron chi connectivity index (χ4n) is 3.78. The van der Waals surface area contributed by atoms with Gasteiger partial charge in [-0.2, -0.15) is 0 Å². The average Bonchev–Trinajstić information content (AvgIpc) is 2.99. The van der Waals surface area contributed by atoms with Crippen molar-refractivity contribution in [2.24, 2.45) is 0 Å². The zero-order chi connectivity index (χ0) is 20.5. The van der Waals surface area contributed by atoms with Crippen molar-refractivity contribution in [2.75, 3.05) is 46.1 Å². The molecule has 3 heterocycles. The second-order valence-electron chi connectivity index (χ2n) is 7.32. The lowest BCUT2D eigenvalue weighted by atomic mass is 10.1. The van der Waals surface area contributed by atoms with Crippen molar-refractivity contribution in [3.8, 4) is 0 Å². The molecular weight excluding hydrogens is 457 g/mol. The maximum absolute atomic E-state index is 6.35. The molecule has 1 fully saturated rings. The van der Waals surface area contributed by atoms with E-state index in [0.29, 0.717) is 16.7 Å². The van der Waals surface area contributed by atoms with Crippen LogP contribution in [-0.2, 0) is 9.47 Å². The van der Waals surface area contributed by atoms with E-state index in [1.165, 1.54) is 25.1 Å². The highest BCUT2D eigenvalue weighted by molar-refractivity contribution is 8.11. The third kappa shape index (κ3) is 4.30. The molecule has 2 aromatic rings. The summed E-state index contributed by atoms with van der Waals surface area (Å²) in [5, 5.41) is 3.60. The summed E-state index contributed by atoms with van der Waals surface area (Å²) in [6.07, 6.45) is 10.8. The van der Waals surface area contributed by atoms with Gasteiger partial charge in [-0.1, -0.05) is 53.2 Å². The first kappa shape index (κ1) is 20.8. The molecule has 0 radical (unpaired) electrons. The van der Waals surface area contributed by atoms with Crippen LogP contribution in [-0.4, -0.2) is 51.0 Å². The Balaban J connectivity index is 1.39. The maximum atomic E-state index is 6.35. The minimum atomic E-state index is 0.594. The second kappa shape index (κ2) is 9.21. The van der Waals surface area contributed by atoms with Crippen LogP contribution in [0.2, 0.25) is 10.0 Å². The van der Waals surface area contributed by atoms with Gasteiger partial charge in [0, 0.05) is 49.3 Å². The zero-order valence-corrected chi connectivity index (χ0v) is 19.5. The molecule has 1 aliphatic carbocycles. The molecule has 0 unspecified atom stereocenters. The van der Waals surface area contributed by atoms with Crippen molar-refractivity contribution in [3.63, 3.8) is 0 Å². The van der Waals surface area contributed by atoms with Gasteiger partial charge in [0.25, 0.3) is 0 Å². The molecule has 1 aromatic carbocycles. The Hall–Kier alpha value is -1.05. The number of thiophene rings is 1. The smallest absolute Gasteiger partial charge is 0.0779 e. The summed E-state index contributed by atoms with van der Waals surface area (Å²) in [5.74, 6) is 0. The van der Waals surface area contributed by atoms with Gasteiger partial charge in [-0.15, -0.1) is 11.3 Å². The number of thioether (sulfide) groups is 1. The number of rotatable bonds is 5. The van der Waals surface area contributed by atoms with Gasteiger partial charge < -0.3 is 9.47 Å². The highest BCUT2D eigenvalue weighted by atomic mass is 35.5. The zero-order valence-electron chi connectivity index (χ0n) is 16.3. The quantitative estimate of drug-likeness (QED) is 0.587. The molecule has 0 atom stereocenters. The van der Waals surface area contributed by atoms with Crippen LogP contribution in [0.25, 0.3) is 21.1 Å². The first-order valence-electron chi connectivity index (χ1n) is 9.96. The standard InChI is InChI=1S/C23H21Cl2NO2S2/c24-18-12-17-21(13-19(18)25)30-20-3-1-2-15-4-5-16(29-23(15)22(17)20)14-28-11-8-26-6-9-27-10-7-26/h1-5,12-13H,6-11,14H2. The molecule has 30 heavy (non-hydrogen) atoms. The molecule has 2 aliphatic heterocycles. The molecule has 1 aromatic heterocycles. The topological polar surface area (TPSA) is 21.7 Å². The van der Waals surface area contributed by atoms with Gasteiger partial charge in [0.2, 0.25) is 0 Å². The van der Waals surface area contributed by atoms with Crippen LogP contribution in [0.1, 0.15) is 0 Å². The Labute approximate surface area is 193 Å². The minimum absolute atomic E-state index is 0.594. The molecule has 156 valence electrons. The van der Waals surface area contributed by atoms with E-state index in [0.717, 1.165) is 49.5 Å². The van der Waals surface area contributed by atoms with Crippen LogP contribution in [0.5, 0.6) is 0 Å². The first-order valence-corrected chi connectivity index (χ1v) is 12.3. The summed E-state index contributed by atoms with van der Waals surface area (Å²) in [6, 6.07) is 3.97. The van der Waals surface area contributed by atoms with Crippen LogP contribution in [0, 0.1) is 0 Å². The first-order chi connectivity index (χ1) is 14.7. The summed E-state index contributed by atoms with van der Waals surface area (Å²) in [5.41, 5.74) is 1.22. The molecule has 0 amide bonds. The minimum Gasteiger partial charge on any atom is -0.379 e. The summed E-state index contributed by atoms with van der Waals surface area (Å²) in [4.78, 5) is 4.87. The Morgan fingerprint density at radius 1 is 1.07 bits per heavy atom. The van der Waals surface area contributed by atoms with Crippen LogP contribution in [0.4, 0.5) is 0 Å². The largest absolute Gasteiger partial charge is 0.379 e. The van der Waals surface area contributed by atoms with Gasteiger partial charge in [-0.25, -0.2) is 0 Å². The van der Waals surface area contributed by atoms with Gasteiger partial charge in [-0.3, -0.25) is 4.90 Å². The van der Waals surface area contributed by atoms with Gasteiger partial charge in [0.15, 0.2) is 0 Å². The molecule has 1 saturated heterocycles. The lowest BCUT2D eigenvalue weighted by molar-refractivity contribution is 0.0232. The van der Waals surface area contributed by atoms with E-state index < -0.39 is 0 Å². The predicted molar refractivity (Wildman–Crippen MR) is 130 cm³/mol. The van der Waals surface area contributed by atoms with E-state index >= 15 is 0 Å². The number of ether oxygens (including phenoxy) is 2. The van der Waals surface area contributed by atoms with Crippen LogP contribution in [0.3, 0.4) is 0 Å². The van der Waals surface area contributed by atoms with Crippen LogP contribution < -0.4 is 9.75 Å². The summed E-state index contributed by atoms with van der Waals surface area (Å²) < 4.78 is 13.8. The second-order valence-corrected chi connectivity index (χ2v) is 10.4. The fraction of sp³-hybridized carbons (Fsp3) is 0.304. The molecule has 0 N–H and O–H groups in total. The Morgan fingerprint density at radius 2 is 1.90 bits per heavy atom. The van der Waals surface area contributed by atoms with Crippen LogP contribution in [0.15, 0.2) is 46.9 Å². The van der Waals surface area contributed by atoms with Gasteiger partial charge in [-0.05, 0) is 29.9 Å². The summed E-state index contributed by atoms with van der Waals surface area (Å²) >= 11 is 16.2. The molecule has 3 aliphatic rings. The van der Waals surface area contributed by atoms with Crippen molar-refractivity contribution in [3.05, 3.63) is 66.7 Å². The average molecular weight is 478 g/mol. The Bertz CT molecular complexity index is 1190. The lowest BCUT2D eigenvalue weighted by Crippen LogP contribution is -2.38. The van der Waals surface area contributed by atoms with E-state index in [-0.39, 0.29) is 0 Å². The van der Waals surface area contributed by atoms with Gasteiger partial charge >= 0.3 is 0 Å². The van der Waals surface area contributed by atoms with E-state index in [9.17, 15) is 0 Å². The van der Waals surface area contributed by atoms with Crippen molar-refractivity contribution in [1.29, 1.82) is 0 Å². The lowest BCUT2D eigenvalue weighted by Gasteiger charge is -2.26. The van der Waals surface area contributed by atoms with Gasteiger partial charge in [0.05, 0.1) is 36.5 Å². The number of nitrogens with zero attached hydrogens (tertiary/aromatic N) is 1. The third-order valence-corrected chi connectivity index (χ3v) is 8.35. The monoisotopic (exact) mass is 477 g/mol. The number of hydrogen-bond donors (Lipinski definition) is 0. The number of benzene rings is 1. The molecule has 0 spiro atoms. The van der Waals surface area contributed by atoms with Crippen molar-refractivity contribution in [2.45, 2.75) is 0 Å². The van der Waals surface area contributed by atoms with Gasteiger partial charge in [0.1, 0.15) is 0 Å². The molecule has 3 nitrogen and oxygen atoms in total. The number of halogens is 2. The van der Waals surface area contributed by atoms with E-state index in [4.69, 9.17) is 32.7 Å². The summed E-state index contributed by atoms with van der Waals surface area (Å²) in [7, 11) is 0. The molecule has 0 saturated carbocycles. The Morgan fingerprint density at radius 3 is 2.77 bits per heavy atom. The van der Waals surface area contributed by atoms with E-state index in [2.05, 4.69) is 35.3 Å². The normalized spacial score (nSPS) is 19.1. The summed E-state index contributed by atoms with van der Waals surface area (Å²) in [6.45, 7) is 5.95. The van der Waals surface area contributed by atoms with Crippen molar-refractivity contribution in [1.82, 2.24) is 4.90 Å². The number of fused-ring (bicyclic) bond motifs is 4. The fourth-order valence-corrected chi connectivity index (χ4v) is 6.50. The van der Waals surface area contributed by atoms with E-state index in [1.54, 1.807) is 23.1 Å². The predicted octanol–water partition coefficient (Wildman–Crippen LogP) is 4.57. The maximum Gasteiger partial charge on any atom is 0.0779 e.